The van der Waals surface area contributed by atoms with Gasteiger partial charge in [-0.2, -0.15) is 4.68 Å². The monoisotopic (exact) mass is 369 g/mol. The van der Waals surface area contributed by atoms with Gasteiger partial charge in [0.1, 0.15) is 0 Å². The number of hydrogen-bond donors (Lipinski definition) is 1. The summed E-state index contributed by atoms with van der Waals surface area (Å²) in [5, 5.41) is 15.7. The molecule has 4 fully saturated rings. The van der Waals surface area contributed by atoms with Gasteiger partial charge in [0, 0.05) is 5.69 Å². The molecule has 7 heteroatoms. The third kappa shape index (κ3) is 2.64. The SMILES string of the molecule is CSc1nnnn1-c1cccc(NC(=O)C23CC4CC(CC(C4)C2)C3)c1. The number of carbonyl (C=O) groups excluding carboxylic acids is 1. The maximum absolute atomic E-state index is 13.2. The van der Waals surface area contributed by atoms with Crippen LogP contribution in [0.1, 0.15) is 38.5 Å². The van der Waals surface area contributed by atoms with Gasteiger partial charge in [0.2, 0.25) is 11.1 Å². The number of carbonyl (C=O) groups is 1. The molecule has 4 saturated carbocycles. The van der Waals surface area contributed by atoms with Gasteiger partial charge in [0.15, 0.2) is 0 Å². The van der Waals surface area contributed by atoms with Gasteiger partial charge >= 0.3 is 0 Å². The summed E-state index contributed by atoms with van der Waals surface area (Å²) in [6, 6.07) is 7.80. The van der Waals surface area contributed by atoms with Crippen LogP contribution in [-0.2, 0) is 4.79 Å². The Kier molecular flexibility index (Phi) is 3.81. The number of nitrogens with one attached hydrogen (secondary N) is 1. The number of benzene rings is 1. The van der Waals surface area contributed by atoms with Gasteiger partial charge in [-0.25, -0.2) is 0 Å². The van der Waals surface area contributed by atoms with E-state index in [0.29, 0.717) is 0 Å². The fourth-order valence-corrected chi connectivity index (χ4v) is 6.27. The average Bonchev–Trinajstić information content (AvgIpc) is 3.09. The number of nitrogens with zero attached hydrogens (tertiary/aromatic N) is 4. The summed E-state index contributed by atoms with van der Waals surface area (Å²) < 4.78 is 1.70. The van der Waals surface area contributed by atoms with Crippen molar-refractivity contribution < 1.29 is 4.79 Å². The summed E-state index contributed by atoms with van der Waals surface area (Å²) in [6.07, 6.45) is 9.22. The number of anilines is 1. The largest absolute Gasteiger partial charge is 0.326 e. The maximum Gasteiger partial charge on any atom is 0.230 e. The van der Waals surface area contributed by atoms with Gasteiger partial charge in [-0.3, -0.25) is 4.79 Å². The summed E-state index contributed by atoms with van der Waals surface area (Å²) in [5.74, 6) is 2.52. The molecule has 1 aromatic carbocycles. The summed E-state index contributed by atoms with van der Waals surface area (Å²) >= 11 is 1.49. The fraction of sp³-hybridized carbons (Fsp3) is 0.579. The Morgan fingerprint density at radius 1 is 1.19 bits per heavy atom. The molecule has 2 aromatic rings. The van der Waals surface area contributed by atoms with Gasteiger partial charge in [-0.1, -0.05) is 17.8 Å². The van der Waals surface area contributed by atoms with Crippen molar-refractivity contribution >= 4 is 23.4 Å². The number of amides is 1. The Balaban J connectivity index is 1.38. The minimum atomic E-state index is -0.135. The van der Waals surface area contributed by atoms with E-state index in [-0.39, 0.29) is 11.3 Å². The van der Waals surface area contributed by atoms with Crippen molar-refractivity contribution in [3.05, 3.63) is 24.3 Å². The Morgan fingerprint density at radius 2 is 1.88 bits per heavy atom. The van der Waals surface area contributed by atoms with E-state index in [9.17, 15) is 4.79 Å². The van der Waals surface area contributed by atoms with Crippen LogP contribution < -0.4 is 5.32 Å². The van der Waals surface area contributed by atoms with Crippen LogP contribution >= 0.6 is 11.8 Å². The zero-order chi connectivity index (χ0) is 17.7. The molecule has 4 aliphatic rings. The second kappa shape index (κ2) is 6.08. The van der Waals surface area contributed by atoms with E-state index >= 15 is 0 Å². The number of aromatic nitrogens is 4. The molecule has 1 amide bonds. The lowest BCUT2D eigenvalue weighted by Gasteiger charge is -2.55. The Bertz CT molecular complexity index is 813. The normalized spacial score (nSPS) is 32.0. The standard InChI is InChI=1S/C19H23N5OS/c1-26-18-21-22-23-24(18)16-4-2-3-15(8-16)20-17(25)19-9-12-5-13(10-19)7-14(6-12)11-19/h2-4,8,12-14H,5-7,9-11H2,1H3,(H,20,25). The number of thioether (sulfide) groups is 1. The van der Waals surface area contributed by atoms with Crippen LogP contribution in [-0.4, -0.2) is 32.4 Å². The zero-order valence-corrected chi connectivity index (χ0v) is 15.7. The van der Waals surface area contributed by atoms with Crippen molar-refractivity contribution in [2.45, 2.75) is 43.7 Å². The quantitative estimate of drug-likeness (QED) is 0.835. The van der Waals surface area contributed by atoms with E-state index in [2.05, 4.69) is 20.8 Å². The highest BCUT2D eigenvalue weighted by atomic mass is 32.2. The minimum Gasteiger partial charge on any atom is -0.326 e. The molecule has 0 spiro atoms. The molecule has 4 bridgehead atoms. The van der Waals surface area contributed by atoms with Crippen LogP contribution in [0.15, 0.2) is 29.4 Å². The first-order chi connectivity index (χ1) is 12.6. The first kappa shape index (κ1) is 16.3. The van der Waals surface area contributed by atoms with Gasteiger partial charge in [0.05, 0.1) is 11.1 Å². The van der Waals surface area contributed by atoms with Crippen molar-refractivity contribution in [1.29, 1.82) is 0 Å². The lowest BCUT2D eigenvalue weighted by atomic mass is 9.49. The molecule has 0 unspecified atom stereocenters. The molecular formula is C19H23N5OS. The molecule has 1 heterocycles. The van der Waals surface area contributed by atoms with Crippen molar-refractivity contribution in [3.63, 3.8) is 0 Å². The molecule has 4 aliphatic carbocycles. The van der Waals surface area contributed by atoms with Gasteiger partial charge in [0.25, 0.3) is 0 Å². The fourth-order valence-electron chi connectivity index (χ4n) is 5.84. The van der Waals surface area contributed by atoms with Gasteiger partial charge in [-0.15, -0.1) is 5.10 Å². The second-order valence-corrected chi connectivity index (χ2v) is 9.05. The second-order valence-electron chi connectivity index (χ2n) is 8.28. The Hall–Kier alpha value is -1.89. The smallest absolute Gasteiger partial charge is 0.230 e. The molecule has 0 atom stereocenters. The van der Waals surface area contributed by atoms with Crippen LogP contribution in [0.5, 0.6) is 0 Å². The summed E-state index contributed by atoms with van der Waals surface area (Å²) in [5.41, 5.74) is 1.55. The summed E-state index contributed by atoms with van der Waals surface area (Å²) in [6.45, 7) is 0. The molecule has 0 saturated heterocycles. The predicted octanol–water partition coefficient (Wildman–Crippen LogP) is 3.54. The molecule has 1 aromatic heterocycles. The molecule has 1 N–H and O–H groups in total. The Labute approximate surface area is 157 Å². The lowest BCUT2D eigenvalue weighted by Crippen LogP contribution is -2.51. The van der Waals surface area contributed by atoms with Crippen molar-refractivity contribution in [2.24, 2.45) is 23.2 Å². The van der Waals surface area contributed by atoms with Crippen LogP contribution in [0.2, 0.25) is 0 Å². The number of rotatable bonds is 4. The topological polar surface area (TPSA) is 72.7 Å². The zero-order valence-electron chi connectivity index (χ0n) is 14.9. The van der Waals surface area contributed by atoms with E-state index in [1.165, 1.54) is 31.0 Å². The Morgan fingerprint density at radius 3 is 2.54 bits per heavy atom. The van der Waals surface area contributed by atoms with Crippen molar-refractivity contribution in [3.8, 4) is 5.69 Å². The number of hydrogen-bond acceptors (Lipinski definition) is 5. The van der Waals surface area contributed by atoms with Crippen molar-refractivity contribution in [2.75, 3.05) is 11.6 Å². The molecule has 0 radical (unpaired) electrons. The van der Waals surface area contributed by atoms with Crippen LogP contribution in [0.3, 0.4) is 0 Å². The van der Waals surface area contributed by atoms with Crippen molar-refractivity contribution in [1.82, 2.24) is 20.2 Å². The number of tetrazole rings is 1. The van der Waals surface area contributed by atoms with E-state index < -0.39 is 0 Å². The van der Waals surface area contributed by atoms with E-state index in [1.54, 1.807) is 4.68 Å². The predicted molar refractivity (Wildman–Crippen MR) is 100 cm³/mol. The lowest BCUT2D eigenvalue weighted by molar-refractivity contribution is -0.140. The molecule has 6 rings (SSSR count). The average molecular weight is 369 g/mol. The minimum absolute atomic E-state index is 0.135. The van der Waals surface area contributed by atoms with E-state index in [1.807, 2.05) is 30.5 Å². The maximum atomic E-state index is 13.2. The third-order valence-electron chi connectivity index (χ3n) is 6.49. The van der Waals surface area contributed by atoms with E-state index in [0.717, 1.165) is 53.5 Å². The van der Waals surface area contributed by atoms with Gasteiger partial charge in [-0.05, 0) is 91.2 Å². The molecule has 0 aliphatic heterocycles. The van der Waals surface area contributed by atoms with Gasteiger partial charge < -0.3 is 5.32 Å². The van der Waals surface area contributed by atoms with E-state index in [4.69, 9.17) is 0 Å². The molecule has 6 nitrogen and oxygen atoms in total. The summed E-state index contributed by atoms with van der Waals surface area (Å²) in [4.78, 5) is 13.2. The molecule has 136 valence electrons. The van der Waals surface area contributed by atoms with Crippen LogP contribution in [0, 0.1) is 23.2 Å². The van der Waals surface area contributed by atoms with Crippen LogP contribution in [0.4, 0.5) is 5.69 Å². The molecule has 26 heavy (non-hydrogen) atoms. The third-order valence-corrected chi connectivity index (χ3v) is 7.11. The highest BCUT2D eigenvalue weighted by Gasteiger charge is 2.54. The summed E-state index contributed by atoms with van der Waals surface area (Å²) in [7, 11) is 0. The first-order valence-corrected chi connectivity index (χ1v) is 10.6. The molecular weight excluding hydrogens is 346 g/mol. The first-order valence-electron chi connectivity index (χ1n) is 9.39. The highest BCUT2D eigenvalue weighted by molar-refractivity contribution is 7.98. The van der Waals surface area contributed by atoms with Crippen LogP contribution in [0.25, 0.3) is 5.69 Å². The highest BCUT2D eigenvalue weighted by Crippen LogP contribution is 2.60.